The molecular weight excluding hydrogens is 366 g/mol. The lowest BCUT2D eigenvalue weighted by Crippen LogP contribution is -2.54. The number of anilines is 1. The SMILES string of the molecule is CCOc1ccc(CC(=O)N[C@@H](C)C(=O)N2CCN(c3ccccc3)CC2)cc1. The van der Waals surface area contributed by atoms with Crippen LogP contribution >= 0.6 is 0 Å². The molecule has 1 N–H and O–H groups in total. The van der Waals surface area contributed by atoms with Crippen LogP contribution in [0.2, 0.25) is 0 Å². The zero-order valence-corrected chi connectivity index (χ0v) is 17.1. The number of ether oxygens (including phenoxy) is 1. The number of amides is 2. The normalized spacial score (nSPS) is 15.0. The molecule has 1 fully saturated rings. The van der Waals surface area contributed by atoms with Crippen LogP contribution in [0.15, 0.2) is 54.6 Å². The molecule has 0 radical (unpaired) electrons. The van der Waals surface area contributed by atoms with Gasteiger partial charge in [-0.25, -0.2) is 0 Å². The second-order valence-electron chi connectivity index (χ2n) is 7.19. The fraction of sp³-hybridized carbons (Fsp3) is 0.391. The van der Waals surface area contributed by atoms with Crippen molar-refractivity contribution < 1.29 is 14.3 Å². The molecule has 1 atom stereocenters. The Hall–Kier alpha value is -3.02. The van der Waals surface area contributed by atoms with E-state index in [1.54, 1.807) is 6.92 Å². The second kappa shape index (κ2) is 9.96. The van der Waals surface area contributed by atoms with Gasteiger partial charge in [0.25, 0.3) is 0 Å². The van der Waals surface area contributed by atoms with Crippen molar-refractivity contribution in [1.82, 2.24) is 10.2 Å². The Morgan fingerprint density at radius 3 is 2.28 bits per heavy atom. The quantitative estimate of drug-likeness (QED) is 0.782. The first kappa shape index (κ1) is 20.7. The molecule has 0 saturated carbocycles. The van der Waals surface area contributed by atoms with Gasteiger partial charge in [-0.05, 0) is 43.7 Å². The van der Waals surface area contributed by atoms with Crippen LogP contribution in [0, 0.1) is 0 Å². The molecule has 0 bridgehead atoms. The van der Waals surface area contributed by atoms with Crippen LogP contribution in [-0.2, 0) is 16.0 Å². The maximum Gasteiger partial charge on any atom is 0.244 e. The number of carbonyl (C=O) groups is 2. The van der Waals surface area contributed by atoms with Crippen molar-refractivity contribution >= 4 is 17.5 Å². The lowest BCUT2D eigenvalue weighted by molar-refractivity contribution is -0.136. The lowest BCUT2D eigenvalue weighted by atomic mass is 10.1. The molecule has 6 nitrogen and oxygen atoms in total. The van der Waals surface area contributed by atoms with Gasteiger partial charge in [0.05, 0.1) is 13.0 Å². The zero-order valence-electron chi connectivity index (χ0n) is 17.1. The maximum absolute atomic E-state index is 12.7. The molecule has 1 heterocycles. The summed E-state index contributed by atoms with van der Waals surface area (Å²) in [5, 5.41) is 2.83. The van der Waals surface area contributed by atoms with Gasteiger partial charge in [-0.3, -0.25) is 9.59 Å². The Labute approximate surface area is 172 Å². The molecule has 3 rings (SSSR count). The lowest BCUT2D eigenvalue weighted by Gasteiger charge is -2.37. The van der Waals surface area contributed by atoms with Gasteiger partial charge < -0.3 is 19.9 Å². The van der Waals surface area contributed by atoms with E-state index in [0.717, 1.165) is 24.4 Å². The summed E-state index contributed by atoms with van der Waals surface area (Å²) in [6.07, 6.45) is 0.242. The summed E-state index contributed by atoms with van der Waals surface area (Å²) in [4.78, 5) is 29.2. The molecule has 2 aromatic carbocycles. The van der Waals surface area contributed by atoms with Gasteiger partial charge in [-0.2, -0.15) is 0 Å². The molecule has 2 amide bonds. The number of rotatable bonds is 7. The van der Waals surface area contributed by atoms with Gasteiger partial charge in [0.2, 0.25) is 11.8 Å². The first-order chi connectivity index (χ1) is 14.1. The summed E-state index contributed by atoms with van der Waals surface area (Å²) in [6.45, 7) is 7.20. The van der Waals surface area contributed by atoms with E-state index in [0.29, 0.717) is 19.7 Å². The monoisotopic (exact) mass is 395 g/mol. The van der Waals surface area contributed by atoms with Crippen LogP contribution in [-0.4, -0.2) is 55.5 Å². The fourth-order valence-corrected chi connectivity index (χ4v) is 3.51. The van der Waals surface area contributed by atoms with Crippen molar-refractivity contribution in [3.8, 4) is 5.75 Å². The predicted octanol–water partition coefficient (Wildman–Crippen LogP) is 2.48. The number of hydrogen-bond acceptors (Lipinski definition) is 4. The summed E-state index contributed by atoms with van der Waals surface area (Å²) < 4.78 is 5.41. The minimum absolute atomic E-state index is 0.0299. The fourth-order valence-electron chi connectivity index (χ4n) is 3.51. The van der Waals surface area contributed by atoms with E-state index in [2.05, 4.69) is 22.3 Å². The number of benzene rings is 2. The highest BCUT2D eigenvalue weighted by Crippen LogP contribution is 2.16. The van der Waals surface area contributed by atoms with Gasteiger partial charge in [0, 0.05) is 31.9 Å². The number of carbonyl (C=O) groups excluding carboxylic acids is 2. The summed E-state index contributed by atoms with van der Waals surface area (Å²) >= 11 is 0. The van der Waals surface area contributed by atoms with Crippen molar-refractivity contribution in [2.45, 2.75) is 26.3 Å². The largest absolute Gasteiger partial charge is 0.494 e. The van der Waals surface area contributed by atoms with E-state index in [1.807, 2.05) is 54.3 Å². The van der Waals surface area contributed by atoms with Crippen molar-refractivity contribution in [3.63, 3.8) is 0 Å². The molecule has 0 aromatic heterocycles. The topological polar surface area (TPSA) is 61.9 Å². The zero-order chi connectivity index (χ0) is 20.6. The summed E-state index contributed by atoms with van der Waals surface area (Å²) in [6, 6.07) is 17.1. The van der Waals surface area contributed by atoms with Crippen LogP contribution in [0.1, 0.15) is 19.4 Å². The van der Waals surface area contributed by atoms with E-state index in [9.17, 15) is 9.59 Å². The third-order valence-electron chi connectivity index (χ3n) is 5.06. The Bertz CT molecular complexity index is 800. The second-order valence-corrected chi connectivity index (χ2v) is 7.19. The predicted molar refractivity (Wildman–Crippen MR) is 114 cm³/mol. The van der Waals surface area contributed by atoms with Crippen LogP contribution in [0.5, 0.6) is 5.75 Å². The molecule has 0 unspecified atom stereocenters. The van der Waals surface area contributed by atoms with Gasteiger partial charge in [-0.15, -0.1) is 0 Å². The van der Waals surface area contributed by atoms with E-state index in [4.69, 9.17) is 4.74 Å². The van der Waals surface area contributed by atoms with Crippen molar-refractivity contribution in [3.05, 3.63) is 60.2 Å². The van der Waals surface area contributed by atoms with Crippen LogP contribution < -0.4 is 15.0 Å². The molecule has 2 aromatic rings. The molecule has 1 saturated heterocycles. The van der Waals surface area contributed by atoms with Crippen LogP contribution in [0.4, 0.5) is 5.69 Å². The van der Waals surface area contributed by atoms with E-state index in [-0.39, 0.29) is 18.2 Å². The summed E-state index contributed by atoms with van der Waals surface area (Å²) in [5.74, 6) is 0.602. The van der Waals surface area contributed by atoms with Gasteiger partial charge in [0.15, 0.2) is 0 Å². The summed E-state index contributed by atoms with van der Waals surface area (Å²) in [7, 11) is 0. The minimum Gasteiger partial charge on any atom is -0.494 e. The third kappa shape index (κ3) is 5.73. The van der Waals surface area contributed by atoms with Crippen LogP contribution in [0.25, 0.3) is 0 Å². The third-order valence-corrected chi connectivity index (χ3v) is 5.06. The highest BCUT2D eigenvalue weighted by molar-refractivity contribution is 5.88. The first-order valence-corrected chi connectivity index (χ1v) is 10.2. The van der Waals surface area contributed by atoms with Gasteiger partial charge in [0.1, 0.15) is 11.8 Å². The van der Waals surface area contributed by atoms with Crippen molar-refractivity contribution in [2.75, 3.05) is 37.7 Å². The Morgan fingerprint density at radius 1 is 1.00 bits per heavy atom. The smallest absolute Gasteiger partial charge is 0.244 e. The molecule has 0 spiro atoms. The maximum atomic E-state index is 12.7. The number of piperazine rings is 1. The standard InChI is InChI=1S/C23H29N3O3/c1-3-29-21-11-9-19(10-12-21)17-22(27)24-18(2)23(28)26-15-13-25(14-16-26)20-7-5-4-6-8-20/h4-12,18H,3,13-17H2,1-2H3,(H,24,27)/t18-/m0/s1. The minimum atomic E-state index is -0.534. The molecule has 154 valence electrons. The number of nitrogens with zero attached hydrogens (tertiary/aromatic N) is 2. The highest BCUT2D eigenvalue weighted by Gasteiger charge is 2.25. The Kier molecular flexibility index (Phi) is 7.11. The van der Waals surface area contributed by atoms with E-state index in [1.165, 1.54) is 5.69 Å². The first-order valence-electron chi connectivity index (χ1n) is 10.2. The summed E-state index contributed by atoms with van der Waals surface area (Å²) in [5.41, 5.74) is 2.07. The average Bonchev–Trinajstić information content (AvgIpc) is 2.75. The van der Waals surface area contributed by atoms with Crippen LogP contribution in [0.3, 0.4) is 0 Å². The van der Waals surface area contributed by atoms with E-state index >= 15 is 0 Å². The van der Waals surface area contributed by atoms with Crippen molar-refractivity contribution in [1.29, 1.82) is 0 Å². The average molecular weight is 396 g/mol. The molecular formula is C23H29N3O3. The molecule has 0 aliphatic carbocycles. The molecule has 6 heteroatoms. The van der Waals surface area contributed by atoms with Crippen molar-refractivity contribution in [2.24, 2.45) is 0 Å². The van der Waals surface area contributed by atoms with E-state index < -0.39 is 6.04 Å². The number of nitrogens with one attached hydrogen (secondary N) is 1. The Morgan fingerprint density at radius 2 is 1.66 bits per heavy atom. The van der Waals surface area contributed by atoms with Gasteiger partial charge in [-0.1, -0.05) is 30.3 Å². The molecule has 1 aliphatic heterocycles. The number of para-hydroxylation sites is 1. The number of hydrogen-bond donors (Lipinski definition) is 1. The molecule has 1 aliphatic rings. The Balaban J connectivity index is 1.45. The molecule has 29 heavy (non-hydrogen) atoms. The highest BCUT2D eigenvalue weighted by atomic mass is 16.5. The van der Waals surface area contributed by atoms with Gasteiger partial charge >= 0.3 is 0 Å².